The number of aromatic nitrogens is 2. The quantitative estimate of drug-likeness (QED) is 0.755. The summed E-state index contributed by atoms with van der Waals surface area (Å²) in [6.45, 7) is 7.63. The van der Waals surface area contributed by atoms with Gasteiger partial charge in [-0.1, -0.05) is 18.2 Å². The first kappa shape index (κ1) is 20.6. The van der Waals surface area contributed by atoms with Gasteiger partial charge in [-0.3, -0.25) is 4.79 Å². The molecule has 4 rings (SSSR count). The van der Waals surface area contributed by atoms with Crippen LogP contribution in [0.3, 0.4) is 0 Å². The highest BCUT2D eigenvalue weighted by Crippen LogP contribution is 2.25. The Bertz CT molecular complexity index is 839. The number of amides is 1. The van der Waals surface area contributed by atoms with E-state index in [1.807, 2.05) is 24.4 Å². The van der Waals surface area contributed by atoms with Crippen LogP contribution < -0.4 is 15.1 Å². The average Bonchev–Trinajstić information content (AvgIpc) is 2.82. The topological polar surface area (TPSA) is 70.6 Å². The van der Waals surface area contributed by atoms with Crippen molar-refractivity contribution in [3.63, 3.8) is 0 Å². The molecule has 1 atom stereocenters. The molecule has 7 heteroatoms. The number of anilines is 2. The van der Waals surface area contributed by atoms with Crippen LogP contribution in [0.15, 0.2) is 36.5 Å². The molecule has 2 aliphatic rings. The molecular weight excluding hydrogens is 378 g/mol. The second-order valence-corrected chi connectivity index (χ2v) is 7.89. The van der Waals surface area contributed by atoms with Gasteiger partial charge in [-0.15, -0.1) is 0 Å². The molecule has 1 aromatic heterocycles. The maximum absolute atomic E-state index is 12.7. The zero-order valence-electron chi connectivity index (χ0n) is 17.7. The van der Waals surface area contributed by atoms with Gasteiger partial charge in [0.05, 0.1) is 13.2 Å². The number of carbonyl (C=O) groups excluding carboxylic acids is 1. The summed E-state index contributed by atoms with van der Waals surface area (Å²) in [6, 6.07) is 10.3. The lowest BCUT2D eigenvalue weighted by atomic mass is 9.86. The van der Waals surface area contributed by atoms with Crippen LogP contribution in [0.4, 0.5) is 11.6 Å². The Morgan fingerprint density at radius 2 is 2.07 bits per heavy atom. The molecule has 0 radical (unpaired) electrons. The van der Waals surface area contributed by atoms with Gasteiger partial charge in [-0.25, -0.2) is 9.97 Å². The molecule has 1 saturated heterocycles. The molecule has 0 spiro atoms. The SMILES string of the molecule is CCN(CCNC(=O)[C@@H]1CCc2nc(N3CCOCC3)ncc2C1)c1ccccc1. The number of fused-ring (bicyclic) bond motifs is 1. The third-order valence-electron chi connectivity index (χ3n) is 5.99. The molecular formula is C23H31N5O2. The summed E-state index contributed by atoms with van der Waals surface area (Å²) >= 11 is 0. The van der Waals surface area contributed by atoms with Gasteiger partial charge in [0.15, 0.2) is 0 Å². The average molecular weight is 410 g/mol. The number of para-hydroxylation sites is 1. The Kier molecular flexibility index (Phi) is 6.79. The minimum absolute atomic E-state index is 0.00198. The molecule has 2 aromatic rings. The molecule has 2 heterocycles. The largest absolute Gasteiger partial charge is 0.378 e. The molecule has 0 saturated carbocycles. The number of nitrogens with zero attached hydrogens (tertiary/aromatic N) is 4. The first-order chi connectivity index (χ1) is 14.7. The molecule has 1 aliphatic heterocycles. The van der Waals surface area contributed by atoms with Crippen LogP contribution in [0.25, 0.3) is 0 Å². The van der Waals surface area contributed by atoms with Crippen molar-refractivity contribution < 1.29 is 9.53 Å². The van der Waals surface area contributed by atoms with Crippen LogP contribution >= 0.6 is 0 Å². The predicted octanol–water partition coefficient (Wildman–Crippen LogP) is 2.06. The number of benzene rings is 1. The van der Waals surface area contributed by atoms with Crippen LogP contribution in [0.2, 0.25) is 0 Å². The van der Waals surface area contributed by atoms with E-state index in [-0.39, 0.29) is 11.8 Å². The number of likely N-dealkylation sites (N-methyl/N-ethyl adjacent to an activating group) is 1. The normalized spacial score (nSPS) is 18.6. The molecule has 30 heavy (non-hydrogen) atoms. The third kappa shape index (κ3) is 4.90. The number of morpholine rings is 1. The van der Waals surface area contributed by atoms with Crippen molar-refractivity contribution in [1.29, 1.82) is 0 Å². The minimum Gasteiger partial charge on any atom is -0.378 e. The van der Waals surface area contributed by atoms with Gasteiger partial charge in [0.25, 0.3) is 0 Å². The Labute approximate surface area is 178 Å². The van der Waals surface area contributed by atoms with Gasteiger partial charge in [0.1, 0.15) is 0 Å². The molecule has 1 fully saturated rings. The number of aryl methyl sites for hydroxylation is 1. The molecule has 0 unspecified atom stereocenters. The monoisotopic (exact) mass is 409 g/mol. The number of nitrogens with one attached hydrogen (secondary N) is 1. The van der Waals surface area contributed by atoms with E-state index in [9.17, 15) is 4.79 Å². The second kappa shape index (κ2) is 9.89. The number of hydrogen-bond donors (Lipinski definition) is 1. The van der Waals surface area contributed by atoms with Crippen LogP contribution in [0.5, 0.6) is 0 Å². The van der Waals surface area contributed by atoms with Gasteiger partial charge < -0.3 is 19.9 Å². The Morgan fingerprint density at radius 3 is 2.83 bits per heavy atom. The van der Waals surface area contributed by atoms with Gasteiger partial charge in [-0.05, 0) is 43.9 Å². The molecule has 1 aromatic carbocycles. The van der Waals surface area contributed by atoms with E-state index in [2.05, 4.69) is 39.2 Å². The van der Waals surface area contributed by atoms with E-state index >= 15 is 0 Å². The molecule has 160 valence electrons. The Balaban J connectivity index is 1.29. The first-order valence-electron chi connectivity index (χ1n) is 11.0. The van der Waals surface area contributed by atoms with Crippen molar-refractivity contribution in [1.82, 2.24) is 15.3 Å². The summed E-state index contributed by atoms with van der Waals surface area (Å²) in [7, 11) is 0. The highest BCUT2D eigenvalue weighted by Gasteiger charge is 2.26. The highest BCUT2D eigenvalue weighted by molar-refractivity contribution is 5.79. The van der Waals surface area contributed by atoms with E-state index in [0.717, 1.165) is 75.9 Å². The van der Waals surface area contributed by atoms with Gasteiger partial charge >= 0.3 is 0 Å². The van der Waals surface area contributed by atoms with Crippen molar-refractivity contribution in [3.05, 3.63) is 47.8 Å². The predicted molar refractivity (Wildman–Crippen MR) is 118 cm³/mol. The smallest absolute Gasteiger partial charge is 0.225 e. The zero-order valence-corrected chi connectivity index (χ0v) is 17.7. The highest BCUT2D eigenvalue weighted by atomic mass is 16.5. The van der Waals surface area contributed by atoms with Crippen LogP contribution in [0, 0.1) is 5.92 Å². The fraction of sp³-hybridized carbons (Fsp3) is 0.522. The van der Waals surface area contributed by atoms with Crippen molar-refractivity contribution in [3.8, 4) is 0 Å². The summed E-state index contributed by atoms with van der Waals surface area (Å²) in [5.74, 6) is 0.935. The van der Waals surface area contributed by atoms with Crippen LogP contribution in [-0.2, 0) is 22.4 Å². The van der Waals surface area contributed by atoms with Gasteiger partial charge in [-0.2, -0.15) is 0 Å². The van der Waals surface area contributed by atoms with Crippen molar-refractivity contribution >= 4 is 17.5 Å². The van der Waals surface area contributed by atoms with Crippen molar-refractivity contribution in [2.75, 3.05) is 55.7 Å². The van der Waals surface area contributed by atoms with E-state index in [1.165, 1.54) is 5.69 Å². The molecule has 1 amide bonds. The fourth-order valence-corrected chi connectivity index (χ4v) is 4.20. The number of ether oxygens (including phenoxy) is 1. The van der Waals surface area contributed by atoms with E-state index in [0.29, 0.717) is 6.54 Å². The number of hydrogen-bond acceptors (Lipinski definition) is 6. The summed E-state index contributed by atoms with van der Waals surface area (Å²) < 4.78 is 5.41. The van der Waals surface area contributed by atoms with Crippen molar-refractivity contribution in [2.45, 2.75) is 26.2 Å². The maximum Gasteiger partial charge on any atom is 0.225 e. The van der Waals surface area contributed by atoms with Crippen molar-refractivity contribution in [2.24, 2.45) is 5.92 Å². The summed E-state index contributed by atoms with van der Waals surface area (Å²) in [4.78, 5) is 26.5. The van der Waals surface area contributed by atoms with E-state index in [1.54, 1.807) is 0 Å². The number of carbonyl (C=O) groups is 1. The molecule has 0 bridgehead atoms. The van der Waals surface area contributed by atoms with E-state index < -0.39 is 0 Å². The fourth-order valence-electron chi connectivity index (χ4n) is 4.20. The molecule has 1 N–H and O–H groups in total. The van der Waals surface area contributed by atoms with Gasteiger partial charge in [0, 0.05) is 56.2 Å². The Hall–Kier alpha value is -2.67. The summed E-state index contributed by atoms with van der Waals surface area (Å²) in [5.41, 5.74) is 3.39. The molecule has 7 nitrogen and oxygen atoms in total. The first-order valence-corrected chi connectivity index (χ1v) is 11.0. The van der Waals surface area contributed by atoms with Crippen LogP contribution in [0.1, 0.15) is 24.6 Å². The lowest BCUT2D eigenvalue weighted by Gasteiger charge is -2.29. The number of rotatable bonds is 7. The third-order valence-corrected chi connectivity index (χ3v) is 5.99. The van der Waals surface area contributed by atoms with E-state index in [4.69, 9.17) is 9.72 Å². The summed E-state index contributed by atoms with van der Waals surface area (Å²) in [5, 5.41) is 3.14. The summed E-state index contributed by atoms with van der Waals surface area (Å²) in [6.07, 6.45) is 4.31. The maximum atomic E-state index is 12.7. The lowest BCUT2D eigenvalue weighted by Crippen LogP contribution is -2.40. The lowest BCUT2D eigenvalue weighted by molar-refractivity contribution is -0.125. The van der Waals surface area contributed by atoms with Gasteiger partial charge in [0.2, 0.25) is 11.9 Å². The second-order valence-electron chi connectivity index (χ2n) is 7.89. The minimum atomic E-state index is 0.00198. The standard InChI is InChI=1S/C23H31N5O2/c1-2-27(20-6-4-3-5-7-20)11-10-24-22(29)18-8-9-21-19(16-18)17-25-23(26-21)28-12-14-30-15-13-28/h3-7,17-18H,2,8-16H2,1H3,(H,24,29)/t18-/m1/s1. The molecule has 1 aliphatic carbocycles. The zero-order chi connectivity index (χ0) is 20.8. The van der Waals surface area contributed by atoms with Crippen LogP contribution in [-0.4, -0.2) is 61.8 Å². The Morgan fingerprint density at radius 1 is 1.27 bits per heavy atom.